The van der Waals surface area contributed by atoms with Gasteiger partial charge in [-0.1, -0.05) is 0 Å². The number of nitrogens with one attached hydrogen (secondary N) is 1. The SMILES string of the molecule is CC(N)n1cnc2c(=O)[nH]c(Cl)nc21. The maximum atomic E-state index is 11.3. The van der Waals surface area contributed by atoms with E-state index >= 15 is 0 Å². The minimum absolute atomic E-state index is 0.0323. The van der Waals surface area contributed by atoms with Gasteiger partial charge in [0.1, 0.15) is 0 Å². The number of H-pyrrole nitrogens is 1. The maximum absolute atomic E-state index is 11.3. The minimum atomic E-state index is -0.362. The molecule has 2 aromatic rings. The molecular formula is C7H8ClN5O. The van der Waals surface area contributed by atoms with Crippen LogP contribution in [0.5, 0.6) is 0 Å². The summed E-state index contributed by atoms with van der Waals surface area (Å²) < 4.78 is 1.58. The van der Waals surface area contributed by atoms with Gasteiger partial charge in [0.25, 0.3) is 5.56 Å². The zero-order chi connectivity index (χ0) is 10.3. The zero-order valence-electron chi connectivity index (χ0n) is 7.36. The van der Waals surface area contributed by atoms with E-state index in [1.165, 1.54) is 6.33 Å². The first-order valence-corrected chi connectivity index (χ1v) is 4.35. The Kier molecular flexibility index (Phi) is 2.01. The number of hydrogen-bond acceptors (Lipinski definition) is 4. The van der Waals surface area contributed by atoms with Gasteiger partial charge in [0.2, 0.25) is 5.28 Å². The number of halogens is 1. The Balaban J connectivity index is 2.85. The van der Waals surface area contributed by atoms with Gasteiger partial charge >= 0.3 is 0 Å². The molecule has 74 valence electrons. The summed E-state index contributed by atoms with van der Waals surface area (Å²) in [5.74, 6) is 0. The standard InChI is InChI=1S/C7H8ClN5O/c1-3(9)13-2-10-4-5(13)11-7(8)12-6(4)14/h2-3H,9H2,1H3,(H,11,12,14). The second-order valence-corrected chi connectivity index (χ2v) is 3.28. The molecule has 0 amide bonds. The Morgan fingerprint density at radius 3 is 3.07 bits per heavy atom. The molecule has 3 N–H and O–H groups in total. The lowest BCUT2D eigenvalue weighted by atomic mass is 10.5. The van der Waals surface area contributed by atoms with Crippen molar-refractivity contribution in [2.24, 2.45) is 5.73 Å². The number of aromatic nitrogens is 4. The highest BCUT2D eigenvalue weighted by molar-refractivity contribution is 6.28. The average molecular weight is 214 g/mol. The van der Waals surface area contributed by atoms with Gasteiger partial charge in [0, 0.05) is 0 Å². The van der Waals surface area contributed by atoms with E-state index in [4.69, 9.17) is 17.3 Å². The summed E-state index contributed by atoms with van der Waals surface area (Å²) in [6.45, 7) is 1.76. The van der Waals surface area contributed by atoms with Gasteiger partial charge in [-0.15, -0.1) is 0 Å². The summed E-state index contributed by atoms with van der Waals surface area (Å²) >= 11 is 5.61. The quantitative estimate of drug-likeness (QED) is 0.665. The van der Waals surface area contributed by atoms with Crippen molar-refractivity contribution in [1.82, 2.24) is 19.5 Å². The van der Waals surface area contributed by atoms with Gasteiger partial charge < -0.3 is 5.73 Å². The largest absolute Gasteiger partial charge is 0.311 e. The number of nitrogens with zero attached hydrogens (tertiary/aromatic N) is 3. The minimum Gasteiger partial charge on any atom is -0.311 e. The van der Waals surface area contributed by atoms with Crippen LogP contribution in [0.25, 0.3) is 11.2 Å². The van der Waals surface area contributed by atoms with Gasteiger partial charge in [-0.2, -0.15) is 4.98 Å². The fraction of sp³-hybridized carbons (Fsp3) is 0.286. The van der Waals surface area contributed by atoms with E-state index in [-0.39, 0.29) is 22.5 Å². The molecule has 1 unspecified atom stereocenters. The molecule has 0 aliphatic rings. The van der Waals surface area contributed by atoms with Gasteiger partial charge in [0.15, 0.2) is 11.2 Å². The van der Waals surface area contributed by atoms with Crippen LogP contribution in [0.3, 0.4) is 0 Å². The van der Waals surface area contributed by atoms with Crippen molar-refractivity contribution in [3.63, 3.8) is 0 Å². The number of fused-ring (bicyclic) bond motifs is 1. The van der Waals surface area contributed by atoms with Crippen molar-refractivity contribution < 1.29 is 0 Å². The molecule has 0 saturated heterocycles. The molecule has 0 spiro atoms. The Morgan fingerprint density at radius 2 is 2.43 bits per heavy atom. The van der Waals surface area contributed by atoms with Crippen molar-refractivity contribution >= 4 is 22.8 Å². The Bertz CT molecular complexity index is 528. The third kappa shape index (κ3) is 1.28. The van der Waals surface area contributed by atoms with Crippen LogP contribution < -0.4 is 11.3 Å². The summed E-state index contributed by atoms with van der Waals surface area (Å²) in [6.07, 6.45) is 1.17. The van der Waals surface area contributed by atoms with Gasteiger partial charge in [-0.05, 0) is 18.5 Å². The third-order valence-electron chi connectivity index (χ3n) is 1.84. The van der Waals surface area contributed by atoms with Crippen molar-refractivity contribution in [3.8, 4) is 0 Å². The lowest BCUT2D eigenvalue weighted by Crippen LogP contribution is -2.15. The van der Waals surface area contributed by atoms with Crippen LogP contribution in [0.4, 0.5) is 0 Å². The van der Waals surface area contributed by atoms with Crippen LogP contribution in [0.15, 0.2) is 11.1 Å². The Hall–Kier alpha value is -1.40. The average Bonchev–Trinajstić information content (AvgIpc) is 2.47. The molecular weight excluding hydrogens is 206 g/mol. The predicted octanol–water partition coefficient (Wildman–Crippen LogP) is 0.250. The van der Waals surface area contributed by atoms with Crippen LogP contribution in [-0.4, -0.2) is 19.5 Å². The van der Waals surface area contributed by atoms with E-state index < -0.39 is 0 Å². The van der Waals surface area contributed by atoms with Crippen molar-refractivity contribution in [2.75, 3.05) is 0 Å². The van der Waals surface area contributed by atoms with E-state index in [0.29, 0.717) is 5.65 Å². The van der Waals surface area contributed by atoms with Crippen LogP contribution in [0, 0.1) is 0 Å². The summed E-state index contributed by atoms with van der Waals surface area (Å²) in [5.41, 5.74) is 5.93. The molecule has 0 bridgehead atoms. The summed E-state index contributed by atoms with van der Waals surface area (Å²) in [5, 5.41) is 0.0323. The normalized spacial score (nSPS) is 13.4. The van der Waals surface area contributed by atoms with E-state index in [2.05, 4.69) is 15.0 Å². The van der Waals surface area contributed by atoms with E-state index in [0.717, 1.165) is 0 Å². The van der Waals surface area contributed by atoms with Crippen LogP contribution in [0.1, 0.15) is 13.1 Å². The highest BCUT2D eigenvalue weighted by Crippen LogP contribution is 2.10. The molecule has 0 aliphatic heterocycles. The van der Waals surface area contributed by atoms with Gasteiger partial charge in [-0.25, -0.2) is 4.98 Å². The van der Waals surface area contributed by atoms with Gasteiger partial charge in [0.05, 0.1) is 12.5 Å². The fourth-order valence-corrected chi connectivity index (χ4v) is 1.36. The first kappa shape index (κ1) is 9.17. The molecule has 7 heteroatoms. The molecule has 6 nitrogen and oxygen atoms in total. The van der Waals surface area contributed by atoms with Gasteiger partial charge in [-0.3, -0.25) is 14.3 Å². The van der Waals surface area contributed by atoms with Crippen molar-refractivity contribution in [3.05, 3.63) is 22.0 Å². The molecule has 2 rings (SSSR count). The van der Waals surface area contributed by atoms with Crippen molar-refractivity contribution in [1.29, 1.82) is 0 Å². The number of imidazole rings is 1. The maximum Gasteiger partial charge on any atom is 0.280 e. The van der Waals surface area contributed by atoms with Crippen molar-refractivity contribution in [2.45, 2.75) is 13.1 Å². The molecule has 0 aliphatic carbocycles. The first-order valence-electron chi connectivity index (χ1n) is 3.97. The lowest BCUT2D eigenvalue weighted by molar-refractivity contribution is 0.583. The molecule has 1 atom stereocenters. The molecule has 0 saturated carbocycles. The molecule has 2 aromatic heterocycles. The van der Waals surface area contributed by atoms with Crippen LogP contribution in [-0.2, 0) is 0 Å². The Morgan fingerprint density at radius 1 is 1.71 bits per heavy atom. The number of aromatic amines is 1. The number of hydrogen-bond donors (Lipinski definition) is 2. The van der Waals surface area contributed by atoms with E-state index in [9.17, 15) is 4.79 Å². The topological polar surface area (TPSA) is 89.6 Å². The summed E-state index contributed by atoms with van der Waals surface area (Å²) in [7, 11) is 0. The van der Waals surface area contributed by atoms with E-state index in [1.807, 2.05) is 0 Å². The second kappa shape index (κ2) is 3.07. The molecule has 0 fully saturated rings. The van der Waals surface area contributed by atoms with E-state index in [1.54, 1.807) is 11.5 Å². The summed E-state index contributed by atoms with van der Waals surface area (Å²) in [6, 6.07) is 0. The van der Waals surface area contributed by atoms with Crippen LogP contribution in [0.2, 0.25) is 5.28 Å². The smallest absolute Gasteiger partial charge is 0.280 e. The second-order valence-electron chi connectivity index (χ2n) is 2.92. The summed E-state index contributed by atoms with van der Waals surface area (Å²) in [4.78, 5) is 21.5. The molecule has 0 aromatic carbocycles. The fourth-order valence-electron chi connectivity index (χ4n) is 1.20. The first-order chi connectivity index (χ1) is 6.59. The Labute approximate surface area is 83.7 Å². The highest BCUT2D eigenvalue weighted by atomic mass is 35.5. The highest BCUT2D eigenvalue weighted by Gasteiger charge is 2.10. The number of nitrogens with two attached hydrogens (primary N) is 1. The lowest BCUT2D eigenvalue weighted by Gasteiger charge is -2.06. The van der Waals surface area contributed by atoms with Crippen LogP contribution >= 0.6 is 11.6 Å². The molecule has 14 heavy (non-hydrogen) atoms. The third-order valence-corrected chi connectivity index (χ3v) is 2.02. The molecule has 0 radical (unpaired) electrons. The molecule has 2 heterocycles. The predicted molar refractivity (Wildman–Crippen MR) is 52.1 cm³/mol. The zero-order valence-corrected chi connectivity index (χ0v) is 8.12. The number of rotatable bonds is 1. The monoisotopic (exact) mass is 213 g/mol.